The molecule has 0 saturated carbocycles. The molecule has 0 rings (SSSR count). The molecule has 0 saturated heterocycles. The molecule has 5 N–H and O–H groups in total. The van der Waals surface area contributed by atoms with Gasteiger partial charge in [0, 0.05) is 39.9 Å². The number of rotatable bonds is 4. The summed E-state index contributed by atoms with van der Waals surface area (Å²) < 4.78 is 82.2. The van der Waals surface area contributed by atoms with Crippen LogP contribution in [0.3, 0.4) is 0 Å². The van der Waals surface area contributed by atoms with Crippen LogP contribution in [0, 0.1) is 39.9 Å². The van der Waals surface area contributed by atoms with E-state index in [1.54, 1.807) is 0 Å². The average Bonchev–Trinajstić information content (AvgIpc) is 1.43. The second kappa shape index (κ2) is 7.43. The molecule has 0 fully saturated rings. The van der Waals surface area contributed by atoms with E-state index in [2.05, 4.69) is 4.09 Å². The molecule has 0 amide bonds. The first-order chi connectivity index (χ1) is 5.41. The van der Waals surface area contributed by atoms with Gasteiger partial charge in [-0.3, -0.25) is 0 Å². The summed E-state index contributed by atoms with van der Waals surface area (Å²) in [6.45, 7) is 0. The van der Waals surface area contributed by atoms with Gasteiger partial charge in [0.15, 0.2) is 0 Å². The smallest absolute Gasteiger partial charge is 0 e. The monoisotopic (exact) mass is 963 g/mol. The maximum absolute atomic E-state index is 10.3. The van der Waals surface area contributed by atoms with Crippen LogP contribution >= 0.6 is 0 Å². The molecule has 0 aromatic carbocycles. The molecule has 0 radical (unpaired) electrons. The van der Waals surface area contributed by atoms with Crippen molar-refractivity contribution < 1.29 is 122 Å². The molecule has 11 nitrogen and oxygen atoms in total. The predicted octanol–water partition coefficient (Wildman–Crippen LogP) is -1.81. The molecule has 15 heavy (non-hydrogen) atoms. The number of hydrogen-bond donors (Lipinski definition) is 3. The van der Waals surface area contributed by atoms with E-state index in [4.69, 9.17) is 7.52 Å². The zero-order valence-corrected chi connectivity index (χ0v) is 19.5. The van der Waals surface area contributed by atoms with Crippen LogP contribution in [0.25, 0.3) is 0 Å². The van der Waals surface area contributed by atoms with Gasteiger partial charge in [-0.25, -0.2) is 0 Å². The second-order valence-corrected chi connectivity index (χ2v) is 19.5. The van der Waals surface area contributed by atoms with Crippen LogP contribution in [0.5, 0.6) is 0 Å². The summed E-state index contributed by atoms with van der Waals surface area (Å²) >= 11 is -19.9. The third-order valence-corrected chi connectivity index (χ3v) is 22.7. The number of hydrogen-bond acceptors (Lipinski definition) is 9. The zero-order valence-electron chi connectivity index (χ0n) is 6.59. The largest absolute Gasteiger partial charge is 0 e. The summed E-state index contributed by atoms with van der Waals surface area (Å²) in [5.41, 5.74) is 0. The molecule has 0 heterocycles. The Morgan fingerprint density at radius 3 is 1.07 bits per heavy atom. The summed E-state index contributed by atoms with van der Waals surface area (Å²) in [6.07, 6.45) is 0. The molecule has 0 atom stereocenters. The van der Waals surface area contributed by atoms with Crippen molar-refractivity contribution in [1.82, 2.24) is 6.15 Å². The van der Waals surface area contributed by atoms with Crippen molar-refractivity contribution in [2.75, 3.05) is 0 Å². The summed E-state index contributed by atoms with van der Waals surface area (Å²) in [7, 11) is 0. The second-order valence-electron chi connectivity index (χ2n) is 1.40. The normalized spacial score (nSPS) is 12.4. The SMILES string of the molecule is N.[O]=[W](=[O])([OH])[O][W](=[O])(=[O])[O][W](=[O])(=[O])[OH].[Th]. The molecule has 0 aromatic heterocycles. The van der Waals surface area contributed by atoms with Crippen LogP contribution in [-0.2, 0) is 74.7 Å². The van der Waals surface area contributed by atoms with E-state index in [0.717, 1.165) is 0 Å². The van der Waals surface area contributed by atoms with E-state index < -0.39 is 50.2 Å². The Morgan fingerprint density at radius 1 is 0.733 bits per heavy atom. The van der Waals surface area contributed by atoms with Crippen LogP contribution in [0.4, 0.5) is 0 Å². The Hall–Kier alpha value is 1.99. The fourth-order valence-corrected chi connectivity index (χ4v) is 20.3. The van der Waals surface area contributed by atoms with Crippen molar-refractivity contribution in [3.8, 4) is 0 Å². The minimum atomic E-state index is -6.76. The van der Waals surface area contributed by atoms with Gasteiger partial charge in [0.2, 0.25) is 0 Å². The predicted molar refractivity (Wildman–Crippen MR) is 15.7 cm³/mol. The average molecular weight is 963 g/mol. The van der Waals surface area contributed by atoms with Crippen molar-refractivity contribution in [3.05, 3.63) is 0 Å². The fraction of sp³-hybridized carbons (Fsp3) is 0. The van der Waals surface area contributed by atoms with E-state index in [1.807, 2.05) is 0 Å². The summed E-state index contributed by atoms with van der Waals surface area (Å²) in [5.74, 6) is 0. The van der Waals surface area contributed by atoms with Crippen molar-refractivity contribution in [1.29, 1.82) is 0 Å². The fourth-order valence-electron chi connectivity index (χ4n) is 0.222. The van der Waals surface area contributed by atoms with Crippen LogP contribution in [0.15, 0.2) is 0 Å². The molecule has 0 unspecified atom stereocenters. The molecule has 15 heteroatoms. The molecule has 0 aromatic rings. The van der Waals surface area contributed by atoms with E-state index >= 15 is 0 Å². The molecular weight excluding hydrogens is 958 g/mol. The first kappa shape index (κ1) is 22.2. The standard InChI is InChI=1S/H3N.2H2O.8O.Th.3W/h1H3;2*1H2;;;;;;;;;;;;/q;;;;;;;;;;;;;2*+1/p-2. The van der Waals surface area contributed by atoms with E-state index in [-0.39, 0.29) is 46.1 Å². The van der Waals surface area contributed by atoms with Gasteiger partial charge in [0.1, 0.15) is 0 Å². The molecule has 0 aliphatic heterocycles. The maximum Gasteiger partial charge on any atom is 0 e. The van der Waals surface area contributed by atoms with Crippen LogP contribution in [0.2, 0.25) is 0 Å². The first-order valence-electron chi connectivity index (χ1n) is 2.03. The van der Waals surface area contributed by atoms with Crippen molar-refractivity contribution in [2.45, 2.75) is 0 Å². The minimum absolute atomic E-state index is 0. The Kier molecular flexibility index (Phi) is 11.0. The molecule has 92 valence electrons. The third-order valence-electron chi connectivity index (χ3n) is 0.339. The zero-order chi connectivity index (χ0) is 10.9. The first-order valence-corrected chi connectivity index (χ1v) is 16.6. The molecule has 0 aliphatic carbocycles. The quantitative estimate of drug-likeness (QED) is 0.288. The van der Waals surface area contributed by atoms with Crippen molar-refractivity contribution >= 4 is 0 Å². The van der Waals surface area contributed by atoms with Crippen LogP contribution in [0.1, 0.15) is 0 Å². The Morgan fingerprint density at radius 2 is 0.933 bits per heavy atom. The van der Waals surface area contributed by atoms with E-state index in [9.17, 15) is 20.4 Å². The van der Waals surface area contributed by atoms with Gasteiger partial charge in [-0.2, -0.15) is 0 Å². The van der Waals surface area contributed by atoms with Gasteiger partial charge in [-0.15, -0.1) is 0 Å². The summed E-state index contributed by atoms with van der Waals surface area (Å²) in [5, 5.41) is 0. The van der Waals surface area contributed by atoms with Crippen LogP contribution < -0.4 is 6.15 Å². The molecular formula is H5NO10ThW3. The molecule has 0 bridgehead atoms. The molecule has 0 aliphatic rings. The topological polar surface area (TPSA) is 196 Å². The van der Waals surface area contributed by atoms with Crippen LogP contribution in [-0.4, -0.2) is 7.52 Å². The van der Waals surface area contributed by atoms with Crippen molar-refractivity contribution in [2.24, 2.45) is 0 Å². The van der Waals surface area contributed by atoms with Gasteiger partial charge in [-0.05, 0) is 0 Å². The molecule has 0 spiro atoms. The van der Waals surface area contributed by atoms with E-state index in [0.29, 0.717) is 0 Å². The Labute approximate surface area is 126 Å². The van der Waals surface area contributed by atoms with Gasteiger partial charge in [0.25, 0.3) is 0 Å². The summed E-state index contributed by atoms with van der Waals surface area (Å²) in [6, 6.07) is 0. The van der Waals surface area contributed by atoms with E-state index in [1.165, 1.54) is 0 Å². The van der Waals surface area contributed by atoms with Gasteiger partial charge in [0.05, 0.1) is 0 Å². The Bertz CT molecular complexity index is 425. The third kappa shape index (κ3) is 16.0. The maximum atomic E-state index is 10.3. The summed E-state index contributed by atoms with van der Waals surface area (Å²) in [4.78, 5) is 0. The van der Waals surface area contributed by atoms with Gasteiger partial charge < -0.3 is 6.15 Å². The van der Waals surface area contributed by atoms with Crippen molar-refractivity contribution in [3.63, 3.8) is 0 Å². The minimum Gasteiger partial charge on any atom is 0 e. The Balaban J connectivity index is -0.000000720. The van der Waals surface area contributed by atoms with Gasteiger partial charge in [-0.1, -0.05) is 0 Å². The van der Waals surface area contributed by atoms with Gasteiger partial charge >= 0.3 is 82.2 Å².